The normalized spacial score (nSPS) is 12.0. The Hall–Kier alpha value is -3.48. The van der Waals surface area contributed by atoms with Crippen LogP contribution in [0.1, 0.15) is 32.8 Å². The number of nitro groups is 1. The zero-order valence-electron chi connectivity index (χ0n) is 15.9. The molecule has 7 nitrogen and oxygen atoms in total. The fourth-order valence-electron chi connectivity index (χ4n) is 2.98. The monoisotopic (exact) mass is 379 g/mol. The van der Waals surface area contributed by atoms with Gasteiger partial charge in [-0.05, 0) is 29.4 Å². The molecule has 0 aliphatic heterocycles. The van der Waals surface area contributed by atoms with Crippen molar-refractivity contribution in [1.82, 2.24) is 0 Å². The summed E-state index contributed by atoms with van der Waals surface area (Å²) in [6, 6.07) is 13.3. The highest BCUT2D eigenvalue weighted by atomic mass is 16.6. The average molecular weight is 379 g/mol. The minimum Gasteiger partial charge on any atom is -0.506 e. The van der Waals surface area contributed by atoms with Crippen LogP contribution in [0.2, 0.25) is 0 Å². The Labute approximate surface area is 162 Å². The highest BCUT2D eigenvalue weighted by Crippen LogP contribution is 2.42. The molecule has 0 aliphatic carbocycles. The third-order valence-electron chi connectivity index (χ3n) is 5.04. The molecule has 0 saturated carbocycles. The van der Waals surface area contributed by atoms with Crippen LogP contribution in [0.4, 0.5) is 17.1 Å². The fourth-order valence-corrected chi connectivity index (χ4v) is 2.98. The highest BCUT2D eigenvalue weighted by Gasteiger charge is 2.29. The van der Waals surface area contributed by atoms with Gasteiger partial charge in [-0.15, -0.1) is 10.2 Å². The fraction of sp³-hybridized carbons (Fsp3) is 0.238. The molecule has 28 heavy (non-hydrogen) atoms. The summed E-state index contributed by atoms with van der Waals surface area (Å²) >= 11 is 0. The predicted octanol–water partition coefficient (Wildman–Crippen LogP) is 6.26. The van der Waals surface area contributed by atoms with Crippen molar-refractivity contribution in [3.05, 3.63) is 64.2 Å². The van der Waals surface area contributed by atoms with E-state index in [-0.39, 0.29) is 28.6 Å². The van der Waals surface area contributed by atoms with Crippen LogP contribution < -0.4 is 0 Å². The zero-order valence-corrected chi connectivity index (χ0v) is 15.9. The maximum absolute atomic E-state index is 11.4. The van der Waals surface area contributed by atoms with E-state index >= 15 is 0 Å². The van der Waals surface area contributed by atoms with Crippen molar-refractivity contribution in [2.24, 2.45) is 10.2 Å². The van der Waals surface area contributed by atoms with Crippen LogP contribution in [0.15, 0.2) is 58.8 Å². The van der Waals surface area contributed by atoms with E-state index in [1.54, 1.807) is 6.07 Å². The van der Waals surface area contributed by atoms with Crippen LogP contribution >= 0.6 is 0 Å². The van der Waals surface area contributed by atoms with E-state index in [0.29, 0.717) is 17.4 Å². The first-order valence-corrected chi connectivity index (χ1v) is 8.89. The molecule has 0 amide bonds. The van der Waals surface area contributed by atoms with Crippen molar-refractivity contribution >= 4 is 27.8 Å². The Morgan fingerprint density at radius 3 is 2.43 bits per heavy atom. The number of aromatic hydroxyl groups is 2. The van der Waals surface area contributed by atoms with E-state index in [2.05, 4.69) is 10.2 Å². The van der Waals surface area contributed by atoms with E-state index in [1.165, 1.54) is 12.1 Å². The quantitative estimate of drug-likeness (QED) is 0.310. The Kier molecular flexibility index (Phi) is 5.00. The van der Waals surface area contributed by atoms with Gasteiger partial charge < -0.3 is 10.2 Å². The predicted molar refractivity (Wildman–Crippen MR) is 108 cm³/mol. The Morgan fingerprint density at radius 2 is 1.75 bits per heavy atom. The molecule has 0 fully saturated rings. The molecule has 0 spiro atoms. The lowest BCUT2D eigenvalue weighted by Gasteiger charge is -2.23. The summed E-state index contributed by atoms with van der Waals surface area (Å²) in [5.41, 5.74) is 0.203. The van der Waals surface area contributed by atoms with Gasteiger partial charge in [-0.3, -0.25) is 10.1 Å². The third kappa shape index (κ3) is 3.51. The van der Waals surface area contributed by atoms with E-state index < -0.39 is 10.3 Å². The van der Waals surface area contributed by atoms with Gasteiger partial charge in [-0.1, -0.05) is 51.1 Å². The summed E-state index contributed by atoms with van der Waals surface area (Å²) in [5.74, 6) is -0.385. The first kappa shape index (κ1) is 19.3. The van der Waals surface area contributed by atoms with Gasteiger partial charge in [0, 0.05) is 10.9 Å². The minimum absolute atomic E-state index is 0.0436. The summed E-state index contributed by atoms with van der Waals surface area (Å²) in [5, 5.41) is 41.7. The molecule has 3 rings (SSSR count). The third-order valence-corrected chi connectivity index (χ3v) is 5.04. The molecule has 0 radical (unpaired) electrons. The van der Waals surface area contributed by atoms with Gasteiger partial charge in [0.2, 0.25) is 0 Å². The molecule has 0 unspecified atom stereocenters. The largest absolute Gasteiger partial charge is 0.506 e. The molecule has 0 saturated heterocycles. The Balaban J connectivity index is 2.15. The second-order valence-corrected chi connectivity index (χ2v) is 7.21. The van der Waals surface area contributed by atoms with E-state index in [4.69, 9.17) is 0 Å². The standard InChI is InChI=1S/C21H21N3O4/c1-4-21(2,3)15-11-16(19(26)12-17(15)24(27)28)22-23-20-14-8-6-5-7-13(14)9-10-18(20)25/h5-12,25-26H,4H2,1-3H3. The summed E-state index contributed by atoms with van der Waals surface area (Å²) in [6.45, 7) is 5.72. The van der Waals surface area contributed by atoms with Gasteiger partial charge in [-0.2, -0.15) is 0 Å². The van der Waals surface area contributed by atoms with Crippen LogP contribution in [0, 0.1) is 10.1 Å². The smallest absolute Gasteiger partial charge is 0.276 e. The van der Waals surface area contributed by atoms with Crippen LogP contribution in [0.3, 0.4) is 0 Å². The number of nitro benzene ring substituents is 1. The molecule has 0 bridgehead atoms. The number of azo groups is 1. The second-order valence-electron chi connectivity index (χ2n) is 7.21. The van der Waals surface area contributed by atoms with Gasteiger partial charge >= 0.3 is 0 Å². The molecule has 3 aromatic rings. The summed E-state index contributed by atoms with van der Waals surface area (Å²) in [4.78, 5) is 10.9. The van der Waals surface area contributed by atoms with Crippen LogP contribution in [0.5, 0.6) is 11.5 Å². The van der Waals surface area contributed by atoms with Crippen LogP contribution in [-0.2, 0) is 5.41 Å². The molecule has 2 N–H and O–H groups in total. The SMILES string of the molecule is CCC(C)(C)c1cc(N=Nc2c(O)ccc3ccccc23)c(O)cc1[N+](=O)[O-]. The molecule has 144 valence electrons. The van der Waals surface area contributed by atoms with Crippen molar-refractivity contribution in [1.29, 1.82) is 0 Å². The maximum Gasteiger partial charge on any atom is 0.276 e. The summed E-state index contributed by atoms with van der Waals surface area (Å²) < 4.78 is 0. The van der Waals surface area contributed by atoms with Crippen LogP contribution in [0.25, 0.3) is 10.8 Å². The second kappa shape index (κ2) is 7.26. The molecule has 3 aromatic carbocycles. The molecule has 0 atom stereocenters. The zero-order chi connectivity index (χ0) is 20.5. The van der Waals surface area contributed by atoms with Crippen LogP contribution in [-0.4, -0.2) is 15.1 Å². The number of hydrogen-bond donors (Lipinski definition) is 2. The van der Waals surface area contributed by atoms with Crippen molar-refractivity contribution in [3.63, 3.8) is 0 Å². The van der Waals surface area contributed by atoms with Gasteiger partial charge in [0.05, 0.1) is 11.0 Å². The molecule has 7 heteroatoms. The number of hydrogen-bond acceptors (Lipinski definition) is 6. The highest BCUT2D eigenvalue weighted by molar-refractivity contribution is 5.95. The molecular weight excluding hydrogens is 358 g/mol. The number of nitrogens with zero attached hydrogens (tertiary/aromatic N) is 3. The summed E-state index contributed by atoms with van der Waals surface area (Å²) in [7, 11) is 0. The molecule has 0 aliphatic rings. The van der Waals surface area contributed by atoms with Crippen molar-refractivity contribution in [2.75, 3.05) is 0 Å². The van der Waals surface area contributed by atoms with Crippen molar-refractivity contribution in [3.8, 4) is 11.5 Å². The van der Waals surface area contributed by atoms with Crippen molar-refractivity contribution in [2.45, 2.75) is 32.6 Å². The van der Waals surface area contributed by atoms with Gasteiger partial charge in [0.15, 0.2) is 0 Å². The van der Waals surface area contributed by atoms with E-state index in [9.17, 15) is 20.3 Å². The molecule has 0 heterocycles. The van der Waals surface area contributed by atoms with Gasteiger partial charge in [0.25, 0.3) is 5.69 Å². The Morgan fingerprint density at radius 1 is 1.04 bits per heavy atom. The maximum atomic E-state index is 11.4. The molecular formula is C21H21N3O4. The lowest BCUT2D eigenvalue weighted by molar-refractivity contribution is -0.386. The summed E-state index contributed by atoms with van der Waals surface area (Å²) in [6.07, 6.45) is 0.666. The average Bonchev–Trinajstić information content (AvgIpc) is 2.67. The van der Waals surface area contributed by atoms with Gasteiger partial charge in [-0.25, -0.2) is 0 Å². The number of phenolic OH excluding ortho intramolecular Hbond substituents is 2. The lowest BCUT2D eigenvalue weighted by Crippen LogP contribution is -2.17. The van der Waals surface area contributed by atoms with E-state index in [1.807, 2.05) is 45.0 Å². The Bertz CT molecular complexity index is 1090. The first-order chi connectivity index (χ1) is 13.2. The first-order valence-electron chi connectivity index (χ1n) is 8.89. The number of fused-ring (bicyclic) bond motifs is 1. The number of phenols is 2. The van der Waals surface area contributed by atoms with Crippen molar-refractivity contribution < 1.29 is 15.1 Å². The topological polar surface area (TPSA) is 108 Å². The number of rotatable bonds is 5. The van der Waals surface area contributed by atoms with Gasteiger partial charge in [0.1, 0.15) is 22.9 Å². The number of benzene rings is 3. The molecule has 0 aromatic heterocycles. The minimum atomic E-state index is -0.510. The lowest BCUT2D eigenvalue weighted by atomic mass is 9.81. The van der Waals surface area contributed by atoms with E-state index in [0.717, 1.165) is 11.5 Å².